The highest BCUT2D eigenvalue weighted by atomic mass is 15.0. The van der Waals surface area contributed by atoms with Gasteiger partial charge < -0.3 is 11.1 Å². The van der Waals surface area contributed by atoms with Gasteiger partial charge in [-0.15, -0.1) is 0 Å². The molecule has 2 heteroatoms. The fraction of sp³-hybridized carbons (Fsp3) is 0.600. The Kier molecular flexibility index (Phi) is 3.85. The van der Waals surface area contributed by atoms with Gasteiger partial charge in [-0.2, -0.15) is 0 Å². The Morgan fingerprint density at radius 3 is 2.47 bits per heavy atom. The molecule has 2 rings (SSSR count). The summed E-state index contributed by atoms with van der Waals surface area (Å²) in [5.74, 6) is 0. The molecule has 0 aliphatic carbocycles. The van der Waals surface area contributed by atoms with Crippen LogP contribution in [0.4, 0.5) is 0 Å². The molecule has 1 aromatic carbocycles. The predicted octanol–water partition coefficient (Wildman–Crippen LogP) is 2.75. The Labute approximate surface area is 105 Å². The van der Waals surface area contributed by atoms with Crippen molar-refractivity contribution >= 4 is 0 Å². The minimum atomic E-state index is 0.134. The zero-order chi connectivity index (χ0) is 12.4. The lowest BCUT2D eigenvalue weighted by atomic mass is 9.89. The highest BCUT2D eigenvalue weighted by Gasteiger charge is 2.22. The van der Waals surface area contributed by atoms with Crippen molar-refractivity contribution in [1.29, 1.82) is 0 Å². The van der Waals surface area contributed by atoms with Crippen molar-refractivity contribution in [3.8, 4) is 0 Å². The molecule has 2 nitrogen and oxygen atoms in total. The van der Waals surface area contributed by atoms with Crippen LogP contribution in [0.3, 0.4) is 0 Å². The van der Waals surface area contributed by atoms with Gasteiger partial charge in [0.15, 0.2) is 0 Å². The van der Waals surface area contributed by atoms with Crippen molar-refractivity contribution in [1.82, 2.24) is 5.32 Å². The van der Waals surface area contributed by atoms with E-state index in [2.05, 4.69) is 38.2 Å². The van der Waals surface area contributed by atoms with E-state index in [1.807, 2.05) is 0 Å². The number of nitrogens with one attached hydrogen (secondary N) is 1. The van der Waals surface area contributed by atoms with Crippen LogP contribution in [0.1, 0.15) is 47.6 Å². The fourth-order valence-corrected chi connectivity index (χ4v) is 2.74. The maximum Gasteiger partial charge on any atom is 0.0453 e. The largest absolute Gasteiger partial charge is 0.323 e. The van der Waals surface area contributed by atoms with Crippen LogP contribution in [0.2, 0.25) is 0 Å². The third kappa shape index (κ3) is 2.70. The minimum absolute atomic E-state index is 0.134. The average Bonchev–Trinajstić information content (AvgIpc) is 2.34. The van der Waals surface area contributed by atoms with E-state index in [1.54, 1.807) is 0 Å². The maximum atomic E-state index is 6.43. The maximum absolute atomic E-state index is 6.43. The summed E-state index contributed by atoms with van der Waals surface area (Å²) in [7, 11) is 0. The number of hydrogen-bond donors (Lipinski definition) is 2. The van der Waals surface area contributed by atoms with Crippen LogP contribution in [0.25, 0.3) is 0 Å². The van der Waals surface area contributed by atoms with Gasteiger partial charge in [0.25, 0.3) is 0 Å². The lowest BCUT2D eigenvalue weighted by Gasteiger charge is -2.30. The van der Waals surface area contributed by atoms with E-state index in [0.717, 1.165) is 6.54 Å². The molecule has 0 amide bonds. The molecule has 0 spiro atoms. The molecule has 94 valence electrons. The second-order valence-electron chi connectivity index (χ2n) is 5.38. The molecule has 3 N–H and O–H groups in total. The first-order valence-corrected chi connectivity index (χ1v) is 6.66. The molecule has 1 aliphatic rings. The summed E-state index contributed by atoms with van der Waals surface area (Å²) in [6, 6.07) is 5.11. The number of benzene rings is 1. The molecule has 1 aliphatic heterocycles. The van der Waals surface area contributed by atoms with Crippen LogP contribution >= 0.6 is 0 Å². The van der Waals surface area contributed by atoms with Crippen LogP contribution in [0, 0.1) is 20.8 Å². The highest BCUT2D eigenvalue weighted by Crippen LogP contribution is 2.25. The van der Waals surface area contributed by atoms with Gasteiger partial charge in [-0.05, 0) is 62.4 Å². The van der Waals surface area contributed by atoms with Crippen molar-refractivity contribution in [2.75, 3.05) is 6.54 Å². The minimum Gasteiger partial charge on any atom is -0.323 e. The number of aryl methyl sites for hydroxylation is 3. The molecular formula is C15H24N2. The van der Waals surface area contributed by atoms with Crippen molar-refractivity contribution in [2.45, 2.75) is 52.1 Å². The first kappa shape index (κ1) is 12.6. The van der Waals surface area contributed by atoms with E-state index in [9.17, 15) is 0 Å². The molecule has 2 unspecified atom stereocenters. The molecular weight excluding hydrogens is 208 g/mol. The number of piperidine rings is 1. The van der Waals surface area contributed by atoms with Crippen molar-refractivity contribution < 1.29 is 0 Å². The Morgan fingerprint density at radius 1 is 1.12 bits per heavy atom. The zero-order valence-electron chi connectivity index (χ0n) is 11.2. The Bertz CT molecular complexity index is 392. The molecule has 1 aromatic rings. The third-order valence-electron chi connectivity index (χ3n) is 4.02. The van der Waals surface area contributed by atoms with Gasteiger partial charge in [-0.3, -0.25) is 0 Å². The van der Waals surface area contributed by atoms with E-state index < -0.39 is 0 Å². The van der Waals surface area contributed by atoms with Gasteiger partial charge in [0, 0.05) is 12.1 Å². The van der Waals surface area contributed by atoms with Crippen molar-refractivity contribution in [3.63, 3.8) is 0 Å². The SMILES string of the molecule is Cc1cc(C)c(C(N)C2CCCCN2)cc1C. The highest BCUT2D eigenvalue weighted by molar-refractivity contribution is 5.38. The summed E-state index contributed by atoms with van der Waals surface area (Å²) < 4.78 is 0. The predicted molar refractivity (Wildman–Crippen MR) is 73.2 cm³/mol. The molecule has 1 heterocycles. The number of nitrogens with two attached hydrogens (primary N) is 1. The van der Waals surface area contributed by atoms with Crippen molar-refractivity contribution in [3.05, 3.63) is 34.4 Å². The average molecular weight is 232 g/mol. The van der Waals surface area contributed by atoms with Crippen molar-refractivity contribution in [2.24, 2.45) is 5.73 Å². The molecule has 0 aromatic heterocycles. The monoisotopic (exact) mass is 232 g/mol. The van der Waals surface area contributed by atoms with E-state index in [0.29, 0.717) is 6.04 Å². The van der Waals surface area contributed by atoms with Crippen LogP contribution in [-0.4, -0.2) is 12.6 Å². The van der Waals surface area contributed by atoms with Gasteiger partial charge in [0.1, 0.15) is 0 Å². The molecule has 1 fully saturated rings. The summed E-state index contributed by atoms with van der Waals surface area (Å²) in [6.07, 6.45) is 3.79. The van der Waals surface area contributed by atoms with E-state index in [-0.39, 0.29) is 6.04 Å². The van der Waals surface area contributed by atoms with Gasteiger partial charge in [-0.1, -0.05) is 18.6 Å². The Balaban J connectivity index is 2.23. The molecule has 0 saturated carbocycles. The second kappa shape index (κ2) is 5.19. The summed E-state index contributed by atoms with van der Waals surface area (Å²) in [4.78, 5) is 0. The smallest absolute Gasteiger partial charge is 0.0453 e. The van der Waals surface area contributed by atoms with Crippen LogP contribution in [0.15, 0.2) is 12.1 Å². The van der Waals surface area contributed by atoms with Crippen LogP contribution < -0.4 is 11.1 Å². The summed E-state index contributed by atoms with van der Waals surface area (Å²) in [5.41, 5.74) is 11.8. The van der Waals surface area contributed by atoms with Gasteiger partial charge >= 0.3 is 0 Å². The fourth-order valence-electron chi connectivity index (χ4n) is 2.74. The van der Waals surface area contributed by atoms with E-state index >= 15 is 0 Å². The number of rotatable bonds is 2. The molecule has 1 saturated heterocycles. The molecule has 0 bridgehead atoms. The van der Waals surface area contributed by atoms with Gasteiger partial charge in [-0.25, -0.2) is 0 Å². The Hall–Kier alpha value is -0.860. The second-order valence-corrected chi connectivity index (χ2v) is 5.38. The molecule has 0 radical (unpaired) electrons. The standard InChI is InChI=1S/C15H24N2/c1-10-8-12(3)13(9-11(10)2)15(16)14-6-4-5-7-17-14/h8-9,14-15,17H,4-7,16H2,1-3H3. The molecule has 17 heavy (non-hydrogen) atoms. The third-order valence-corrected chi connectivity index (χ3v) is 4.02. The quantitative estimate of drug-likeness (QED) is 0.823. The normalized spacial score (nSPS) is 22.5. The summed E-state index contributed by atoms with van der Waals surface area (Å²) in [5, 5.41) is 3.55. The summed E-state index contributed by atoms with van der Waals surface area (Å²) >= 11 is 0. The van der Waals surface area contributed by atoms with Gasteiger partial charge in [0.05, 0.1) is 0 Å². The first-order valence-electron chi connectivity index (χ1n) is 6.66. The van der Waals surface area contributed by atoms with Gasteiger partial charge in [0.2, 0.25) is 0 Å². The lowest BCUT2D eigenvalue weighted by molar-refractivity contribution is 0.353. The topological polar surface area (TPSA) is 38.0 Å². The Morgan fingerprint density at radius 2 is 1.82 bits per heavy atom. The summed E-state index contributed by atoms with van der Waals surface area (Å²) in [6.45, 7) is 7.61. The lowest BCUT2D eigenvalue weighted by Crippen LogP contribution is -2.42. The molecule has 2 atom stereocenters. The van der Waals surface area contributed by atoms with Crippen LogP contribution in [-0.2, 0) is 0 Å². The van der Waals surface area contributed by atoms with E-state index in [1.165, 1.54) is 41.5 Å². The van der Waals surface area contributed by atoms with E-state index in [4.69, 9.17) is 5.73 Å². The van der Waals surface area contributed by atoms with Crippen LogP contribution in [0.5, 0.6) is 0 Å². The first-order chi connectivity index (χ1) is 8.09. The number of hydrogen-bond acceptors (Lipinski definition) is 2. The zero-order valence-corrected chi connectivity index (χ0v) is 11.2.